The molecule has 0 bridgehead atoms. The number of nitrogens with zero attached hydrogens (tertiary/aromatic N) is 1. The van der Waals surface area contributed by atoms with Gasteiger partial charge in [-0.3, -0.25) is 9.59 Å². The molecule has 1 aliphatic carbocycles. The van der Waals surface area contributed by atoms with Crippen molar-refractivity contribution in [2.75, 3.05) is 0 Å². The first-order valence-corrected chi connectivity index (χ1v) is 14.7. The van der Waals surface area contributed by atoms with E-state index in [2.05, 4.69) is 0 Å². The van der Waals surface area contributed by atoms with Gasteiger partial charge in [-0.15, -0.1) is 0 Å². The molecular weight excluding hydrogens is 537 g/mol. The number of sulfone groups is 1. The van der Waals surface area contributed by atoms with Crippen molar-refractivity contribution in [3.05, 3.63) is 69.7 Å². The zero-order chi connectivity index (χ0) is 27.1. The van der Waals surface area contributed by atoms with Crippen molar-refractivity contribution in [3.8, 4) is 0 Å². The van der Waals surface area contributed by atoms with Gasteiger partial charge in [-0.05, 0) is 74.9 Å². The smallest absolute Gasteiger partial charge is 0.306 e. The van der Waals surface area contributed by atoms with E-state index in [0.717, 1.165) is 12.8 Å². The lowest BCUT2D eigenvalue weighted by atomic mass is 9.88. The van der Waals surface area contributed by atoms with Gasteiger partial charge in [0.25, 0.3) is 5.91 Å². The predicted molar refractivity (Wildman–Crippen MR) is 142 cm³/mol. The van der Waals surface area contributed by atoms with Gasteiger partial charge >= 0.3 is 5.97 Å². The first kappa shape index (κ1) is 27.9. The van der Waals surface area contributed by atoms with Crippen LogP contribution in [-0.2, 0) is 24.2 Å². The maximum Gasteiger partial charge on any atom is 0.306 e. The molecule has 1 amide bonds. The number of hydrogen-bond donors (Lipinski definition) is 1. The molecule has 2 aromatic rings. The number of morpholine rings is 1. The lowest BCUT2D eigenvalue weighted by Crippen LogP contribution is -2.59. The Bertz CT molecular complexity index is 1260. The molecule has 2 aliphatic rings. The van der Waals surface area contributed by atoms with E-state index in [1.807, 2.05) is 6.07 Å². The molecule has 1 heterocycles. The van der Waals surface area contributed by atoms with Crippen LogP contribution in [0.5, 0.6) is 0 Å². The summed E-state index contributed by atoms with van der Waals surface area (Å²) in [4.78, 5) is 27.3. The number of halogens is 2. The van der Waals surface area contributed by atoms with Crippen molar-refractivity contribution in [1.29, 1.82) is 0 Å². The summed E-state index contributed by atoms with van der Waals surface area (Å²) in [5.41, 5.74) is 1.37. The molecule has 1 aliphatic heterocycles. The van der Waals surface area contributed by atoms with Crippen molar-refractivity contribution in [2.24, 2.45) is 5.92 Å². The van der Waals surface area contributed by atoms with Crippen molar-refractivity contribution in [1.82, 2.24) is 4.90 Å². The van der Waals surface area contributed by atoms with Crippen molar-refractivity contribution < 1.29 is 27.9 Å². The van der Waals surface area contributed by atoms with Gasteiger partial charge in [0.05, 0.1) is 29.0 Å². The molecule has 1 saturated heterocycles. The predicted octanol–water partition coefficient (Wildman–Crippen LogP) is 5.47. The monoisotopic (exact) mass is 567 g/mol. The summed E-state index contributed by atoms with van der Waals surface area (Å²) in [6.45, 7) is 4.92. The van der Waals surface area contributed by atoms with Crippen LogP contribution in [0.1, 0.15) is 63.3 Å². The van der Waals surface area contributed by atoms with Crippen LogP contribution in [0.2, 0.25) is 10.0 Å². The highest BCUT2D eigenvalue weighted by Gasteiger charge is 2.54. The number of ether oxygens (including phenoxy) is 1. The van der Waals surface area contributed by atoms with Crippen molar-refractivity contribution in [2.45, 2.75) is 74.8 Å². The molecule has 1 saturated carbocycles. The Balaban J connectivity index is 1.93. The van der Waals surface area contributed by atoms with E-state index in [0.29, 0.717) is 21.2 Å². The molecule has 5 atom stereocenters. The number of rotatable bonds is 9. The molecule has 0 radical (unpaired) electrons. The number of carboxylic acid groups (broad SMARTS) is 1. The third kappa shape index (κ3) is 5.82. The lowest BCUT2D eigenvalue weighted by molar-refractivity contribution is -0.184. The number of carbonyl (C=O) groups is 2. The minimum absolute atomic E-state index is 0.0223. The van der Waals surface area contributed by atoms with Gasteiger partial charge in [-0.25, -0.2) is 8.42 Å². The molecule has 4 rings (SSSR count). The van der Waals surface area contributed by atoms with Gasteiger partial charge in [0, 0.05) is 10.0 Å². The van der Waals surface area contributed by atoms with Crippen molar-refractivity contribution >= 4 is 44.9 Å². The molecule has 37 heavy (non-hydrogen) atoms. The van der Waals surface area contributed by atoms with Crippen molar-refractivity contribution in [3.63, 3.8) is 0 Å². The standard InChI is InChI=1S/C27H31Cl2NO6S/c1-15(2)37(34,35)16(3)24(17-7-8-17)30-25(18-9-11-20(28)12-10-18)26(19-5-4-6-21(29)13-19)36-22(27(30)33)14-23(31)32/h4-6,9-13,15-17,22,24-26H,7-8,14H2,1-3H3,(H,31,32)/t16-,22-,24+,25+,26+/m0/s1. The van der Waals surface area contributed by atoms with E-state index < -0.39 is 62.9 Å². The first-order valence-electron chi connectivity index (χ1n) is 12.3. The van der Waals surface area contributed by atoms with E-state index in [9.17, 15) is 23.1 Å². The number of carbonyl (C=O) groups excluding carboxylic acids is 1. The summed E-state index contributed by atoms with van der Waals surface area (Å²) < 4.78 is 33.0. The lowest BCUT2D eigenvalue weighted by Gasteiger charge is -2.49. The third-order valence-corrected chi connectivity index (χ3v) is 10.4. The van der Waals surface area contributed by atoms with Gasteiger partial charge in [0.2, 0.25) is 0 Å². The Morgan fingerprint density at radius 2 is 1.70 bits per heavy atom. The third-order valence-electron chi connectivity index (χ3n) is 7.26. The molecule has 0 spiro atoms. The maximum atomic E-state index is 14.0. The van der Waals surface area contributed by atoms with E-state index in [1.165, 1.54) is 0 Å². The van der Waals surface area contributed by atoms with E-state index in [4.69, 9.17) is 27.9 Å². The number of amides is 1. The highest BCUT2D eigenvalue weighted by molar-refractivity contribution is 7.92. The Morgan fingerprint density at radius 3 is 2.24 bits per heavy atom. The maximum absolute atomic E-state index is 14.0. The van der Waals surface area contributed by atoms with Crippen LogP contribution in [0.15, 0.2) is 48.5 Å². The molecule has 7 nitrogen and oxygen atoms in total. The molecule has 2 fully saturated rings. The Hall–Kier alpha value is -2.13. The molecule has 0 unspecified atom stereocenters. The SMILES string of the molecule is CC(C)S(=O)(=O)[C@@H](C)[C@H](C1CC1)N1C(=O)[C@H](CC(=O)O)O[C@H](c2cccc(Cl)c2)[C@H]1c1ccc(Cl)cc1. The summed E-state index contributed by atoms with van der Waals surface area (Å²) in [6, 6.07) is 12.6. The molecule has 0 aromatic heterocycles. The van der Waals surface area contributed by atoms with Crippen LogP contribution < -0.4 is 0 Å². The Morgan fingerprint density at radius 1 is 1.05 bits per heavy atom. The van der Waals surface area contributed by atoms with E-state index >= 15 is 0 Å². The number of hydrogen-bond acceptors (Lipinski definition) is 5. The quantitative estimate of drug-likeness (QED) is 0.431. The topological polar surface area (TPSA) is 101 Å². The largest absolute Gasteiger partial charge is 0.481 e. The second-order valence-corrected chi connectivity index (χ2v) is 13.8. The van der Waals surface area contributed by atoms with E-state index in [1.54, 1.807) is 68.1 Å². The van der Waals surface area contributed by atoms with Crippen LogP contribution >= 0.6 is 23.2 Å². The number of benzene rings is 2. The summed E-state index contributed by atoms with van der Waals surface area (Å²) >= 11 is 12.5. The fourth-order valence-corrected chi connectivity index (χ4v) is 7.15. The Labute approximate surface area is 227 Å². The minimum atomic E-state index is -3.59. The summed E-state index contributed by atoms with van der Waals surface area (Å²) in [7, 11) is -3.59. The fraction of sp³-hybridized carbons (Fsp3) is 0.481. The number of carboxylic acids is 1. The van der Waals surface area contributed by atoms with Crippen LogP contribution in [0.25, 0.3) is 0 Å². The van der Waals surface area contributed by atoms with Gasteiger partial charge in [-0.1, -0.05) is 47.5 Å². The zero-order valence-corrected chi connectivity index (χ0v) is 23.2. The highest BCUT2D eigenvalue weighted by Crippen LogP contribution is 2.49. The second kappa shape index (κ2) is 10.9. The summed E-state index contributed by atoms with van der Waals surface area (Å²) in [5, 5.41) is 9.05. The Kier molecular flexibility index (Phi) is 8.24. The van der Waals surface area contributed by atoms with E-state index in [-0.39, 0.29) is 5.92 Å². The average Bonchev–Trinajstić information content (AvgIpc) is 3.66. The van der Waals surface area contributed by atoms with Gasteiger partial charge in [0.15, 0.2) is 9.84 Å². The van der Waals surface area contributed by atoms with Crippen LogP contribution in [0.4, 0.5) is 0 Å². The molecule has 10 heteroatoms. The summed E-state index contributed by atoms with van der Waals surface area (Å²) in [6.07, 6.45) is -1.03. The average molecular weight is 569 g/mol. The first-order chi connectivity index (χ1) is 17.4. The molecular formula is C27H31Cl2NO6S. The highest BCUT2D eigenvalue weighted by atomic mass is 35.5. The number of aliphatic carboxylic acids is 1. The molecule has 1 N–H and O–H groups in total. The van der Waals surface area contributed by atoms with Gasteiger partial charge in [0.1, 0.15) is 12.2 Å². The zero-order valence-electron chi connectivity index (χ0n) is 20.9. The van der Waals surface area contributed by atoms with Crippen LogP contribution in [0.3, 0.4) is 0 Å². The summed E-state index contributed by atoms with van der Waals surface area (Å²) in [5.74, 6) is -1.73. The van der Waals surface area contributed by atoms with Gasteiger partial charge in [-0.2, -0.15) is 0 Å². The molecule has 2 aromatic carbocycles. The fourth-order valence-electron chi connectivity index (χ4n) is 5.22. The minimum Gasteiger partial charge on any atom is -0.481 e. The normalized spacial score (nSPS) is 24.2. The second-order valence-electron chi connectivity index (χ2n) is 10.1. The molecule has 200 valence electrons. The van der Waals surface area contributed by atoms with Crippen LogP contribution in [-0.4, -0.2) is 52.9 Å². The van der Waals surface area contributed by atoms with Gasteiger partial charge < -0.3 is 14.7 Å². The van der Waals surface area contributed by atoms with Crippen LogP contribution in [0, 0.1) is 5.92 Å².